The zero-order chi connectivity index (χ0) is 27.7. The number of para-hydroxylation sites is 1. The number of hydrogen-bond acceptors (Lipinski definition) is 12. The van der Waals surface area contributed by atoms with Crippen LogP contribution in [0.5, 0.6) is 11.5 Å². The Kier molecular flexibility index (Phi) is 7.38. The van der Waals surface area contributed by atoms with Gasteiger partial charge in [0.2, 0.25) is 21.9 Å². The number of benzene rings is 1. The number of hydrogen-bond donors (Lipinski definition) is 2. The van der Waals surface area contributed by atoms with E-state index in [2.05, 4.69) is 29.9 Å². The molecule has 1 fully saturated rings. The van der Waals surface area contributed by atoms with Gasteiger partial charge < -0.3 is 19.5 Å². The number of rotatable bonds is 8. The first-order chi connectivity index (χ1) is 18.7. The van der Waals surface area contributed by atoms with Crippen LogP contribution in [0.25, 0.3) is 16.5 Å². The molecule has 0 aliphatic carbocycles. The van der Waals surface area contributed by atoms with Crippen molar-refractivity contribution in [2.45, 2.75) is 31.6 Å². The average Bonchev–Trinajstić information content (AvgIpc) is 3.53. The predicted octanol–water partition coefficient (Wildman–Crippen LogP) is 2.20. The smallest absolute Gasteiger partial charge is 0.243 e. The molecule has 1 saturated heterocycles. The summed E-state index contributed by atoms with van der Waals surface area (Å²) in [5.41, 5.74) is 2.07. The number of nitrogens with zero attached hydrogens (tertiary/aromatic N) is 7. The number of piperidine rings is 1. The molecule has 1 aliphatic rings. The number of sulfonamides is 1. The van der Waals surface area contributed by atoms with Gasteiger partial charge >= 0.3 is 0 Å². The van der Waals surface area contributed by atoms with E-state index in [1.165, 1.54) is 30.1 Å². The molecule has 206 valence electrons. The molecule has 0 spiro atoms. The fraction of sp³-hybridized carbons (Fsp3) is 0.375. The summed E-state index contributed by atoms with van der Waals surface area (Å²) in [5.74, 6) is 1.42. The zero-order valence-corrected chi connectivity index (χ0v) is 23.4. The Balaban J connectivity index is 1.55. The van der Waals surface area contributed by atoms with Gasteiger partial charge in [0, 0.05) is 36.6 Å². The molecular formula is C24H28N8O5S2. The van der Waals surface area contributed by atoms with E-state index >= 15 is 0 Å². The molecule has 0 unspecified atom stereocenters. The van der Waals surface area contributed by atoms with Crippen LogP contribution in [0.2, 0.25) is 0 Å². The van der Waals surface area contributed by atoms with Crippen LogP contribution in [0, 0.1) is 13.8 Å². The Labute approximate surface area is 229 Å². The number of aromatic nitrogens is 6. The molecule has 13 nitrogen and oxygen atoms in total. The van der Waals surface area contributed by atoms with Crippen LogP contribution in [-0.4, -0.2) is 81.9 Å². The second kappa shape index (κ2) is 10.7. The zero-order valence-electron chi connectivity index (χ0n) is 21.8. The van der Waals surface area contributed by atoms with E-state index in [-0.39, 0.29) is 25.5 Å². The Bertz CT molecular complexity index is 1550. The largest absolute Gasteiger partial charge is 0.494 e. The van der Waals surface area contributed by atoms with Crippen LogP contribution in [0.4, 0.5) is 11.9 Å². The van der Waals surface area contributed by atoms with Gasteiger partial charge in [0.1, 0.15) is 22.4 Å². The minimum Gasteiger partial charge on any atom is -0.494 e. The molecule has 0 saturated carbocycles. The molecule has 0 amide bonds. The monoisotopic (exact) mass is 572 g/mol. The topological polar surface area (TPSA) is 157 Å². The highest BCUT2D eigenvalue weighted by Crippen LogP contribution is 2.38. The van der Waals surface area contributed by atoms with Gasteiger partial charge in [0.25, 0.3) is 0 Å². The summed E-state index contributed by atoms with van der Waals surface area (Å²) in [6.07, 6.45) is 2.43. The van der Waals surface area contributed by atoms with Crippen molar-refractivity contribution in [1.82, 2.24) is 29.7 Å². The molecule has 3 aromatic heterocycles. The number of methoxy groups -OCH3 is 2. The Morgan fingerprint density at radius 1 is 1.08 bits per heavy atom. The maximum atomic E-state index is 13.7. The Morgan fingerprint density at radius 3 is 2.38 bits per heavy atom. The summed E-state index contributed by atoms with van der Waals surface area (Å²) in [7, 11) is -1.07. The van der Waals surface area contributed by atoms with Crippen LogP contribution in [-0.2, 0) is 10.0 Å². The lowest BCUT2D eigenvalue weighted by Gasteiger charge is -2.35. The van der Waals surface area contributed by atoms with Crippen LogP contribution in [0.1, 0.15) is 17.7 Å². The molecule has 1 aromatic carbocycles. The fourth-order valence-electron chi connectivity index (χ4n) is 4.38. The highest BCUT2D eigenvalue weighted by molar-refractivity contribution is 7.93. The first-order valence-corrected chi connectivity index (χ1v) is 14.4. The number of ether oxygens (including phenoxy) is 2. The average molecular weight is 573 g/mol. The van der Waals surface area contributed by atoms with Crippen molar-refractivity contribution in [2.24, 2.45) is 0 Å². The first kappa shape index (κ1) is 26.8. The summed E-state index contributed by atoms with van der Waals surface area (Å²) in [5, 5.41) is 20.4. The number of anilines is 2. The van der Waals surface area contributed by atoms with E-state index in [4.69, 9.17) is 9.47 Å². The van der Waals surface area contributed by atoms with Gasteiger partial charge in [-0.05, 0) is 38.0 Å². The van der Waals surface area contributed by atoms with E-state index in [0.29, 0.717) is 34.0 Å². The highest BCUT2D eigenvalue weighted by atomic mass is 32.2. The lowest BCUT2D eigenvalue weighted by Crippen LogP contribution is -2.50. The molecule has 39 heavy (non-hydrogen) atoms. The van der Waals surface area contributed by atoms with Crippen molar-refractivity contribution < 1.29 is 23.0 Å². The molecule has 2 atom stereocenters. The minimum atomic E-state index is -4.08. The highest BCUT2D eigenvalue weighted by Gasteiger charge is 2.37. The van der Waals surface area contributed by atoms with Crippen molar-refractivity contribution in [3.05, 3.63) is 47.2 Å². The number of β-amino-alcohol motifs (C(OH)–C–C–N with tert-alkyl or cyclic N) is 1. The van der Waals surface area contributed by atoms with Gasteiger partial charge in [-0.25, -0.2) is 23.4 Å². The maximum absolute atomic E-state index is 13.7. The van der Waals surface area contributed by atoms with Gasteiger partial charge in [-0.3, -0.25) is 9.29 Å². The lowest BCUT2D eigenvalue weighted by molar-refractivity contribution is 0.154. The number of thiazole rings is 1. The van der Waals surface area contributed by atoms with E-state index in [1.807, 2.05) is 19.2 Å². The van der Waals surface area contributed by atoms with Crippen molar-refractivity contribution in [3.63, 3.8) is 0 Å². The molecular weight excluding hydrogens is 544 g/mol. The number of nitrogens with one attached hydrogen (secondary N) is 1. The van der Waals surface area contributed by atoms with Crippen LogP contribution < -0.4 is 19.1 Å². The Hall–Kier alpha value is -3.82. The van der Waals surface area contributed by atoms with Gasteiger partial charge in [0.15, 0.2) is 10.8 Å². The SMILES string of the molecule is COc1cccc(OC)c1-n1c(NS(=O)(=O)[C@@H]2C[C@H](O)CN(c3ncc(C)cn3)C2)nnc1-c1nc(C)cs1. The van der Waals surface area contributed by atoms with Gasteiger partial charge in [-0.2, -0.15) is 0 Å². The van der Waals surface area contributed by atoms with Gasteiger partial charge in [0.05, 0.1) is 20.3 Å². The fourth-order valence-corrected chi connectivity index (χ4v) is 6.56. The number of aliphatic hydroxyl groups excluding tert-OH is 1. The third-order valence-corrected chi connectivity index (χ3v) is 8.85. The first-order valence-electron chi connectivity index (χ1n) is 12.0. The van der Waals surface area contributed by atoms with Crippen LogP contribution in [0.3, 0.4) is 0 Å². The molecule has 0 bridgehead atoms. The normalized spacial score (nSPS) is 17.7. The summed E-state index contributed by atoms with van der Waals surface area (Å²) in [6, 6.07) is 5.21. The minimum absolute atomic E-state index is 0.0301. The molecule has 4 aromatic rings. The quantitative estimate of drug-likeness (QED) is 0.319. The van der Waals surface area contributed by atoms with Crippen molar-refractivity contribution in [2.75, 3.05) is 36.9 Å². The van der Waals surface area contributed by atoms with Crippen LogP contribution in [0.15, 0.2) is 36.0 Å². The van der Waals surface area contributed by atoms with Gasteiger partial charge in [-0.15, -0.1) is 21.5 Å². The Morgan fingerprint density at radius 2 is 1.77 bits per heavy atom. The summed E-state index contributed by atoms with van der Waals surface area (Å²) in [6.45, 7) is 4.02. The van der Waals surface area contributed by atoms with E-state index in [9.17, 15) is 13.5 Å². The summed E-state index contributed by atoms with van der Waals surface area (Å²) < 4.78 is 42.8. The van der Waals surface area contributed by atoms with Crippen molar-refractivity contribution in [3.8, 4) is 28.0 Å². The van der Waals surface area contributed by atoms with Crippen LogP contribution >= 0.6 is 11.3 Å². The van der Waals surface area contributed by atoms with E-state index in [1.54, 1.807) is 35.5 Å². The molecule has 2 N–H and O–H groups in total. The van der Waals surface area contributed by atoms with E-state index < -0.39 is 21.4 Å². The summed E-state index contributed by atoms with van der Waals surface area (Å²) in [4.78, 5) is 14.8. The maximum Gasteiger partial charge on any atom is 0.243 e. The molecule has 0 radical (unpaired) electrons. The standard InChI is InChI=1S/C24H28N8O5S2/c1-14-9-25-23(26-10-14)31-11-16(33)8-17(12-31)39(34,35)30-24-29-28-21(22-27-15(2)13-38-22)32(24)20-18(36-3)6-5-7-19(20)37-4/h5-7,9-10,13,16-17,33H,8,11-12H2,1-4H3,(H,29,30)/t16-,17+/m0/s1. The van der Waals surface area contributed by atoms with Gasteiger partial charge in [-0.1, -0.05) is 6.07 Å². The van der Waals surface area contributed by atoms with Crippen molar-refractivity contribution in [1.29, 1.82) is 0 Å². The summed E-state index contributed by atoms with van der Waals surface area (Å²) >= 11 is 1.35. The third kappa shape index (κ3) is 5.37. The number of aliphatic hydroxyl groups is 1. The second-order valence-corrected chi connectivity index (χ2v) is 11.9. The molecule has 1 aliphatic heterocycles. The number of aryl methyl sites for hydroxylation is 2. The van der Waals surface area contributed by atoms with E-state index in [0.717, 1.165) is 11.3 Å². The molecule has 4 heterocycles. The molecule has 15 heteroatoms. The second-order valence-electron chi connectivity index (χ2n) is 9.11. The molecule has 5 rings (SSSR count). The predicted molar refractivity (Wildman–Crippen MR) is 146 cm³/mol. The lowest BCUT2D eigenvalue weighted by atomic mass is 10.1. The van der Waals surface area contributed by atoms with Crippen molar-refractivity contribution >= 4 is 33.3 Å². The third-order valence-electron chi connectivity index (χ3n) is 6.21.